The number of furan rings is 1. The number of hydrogen-bond donors (Lipinski definition) is 1. The van der Waals surface area contributed by atoms with Crippen LogP contribution in [-0.4, -0.2) is 51.8 Å². The largest absolute Gasteiger partial charge is 0.466 e. The third-order valence-corrected chi connectivity index (χ3v) is 5.79. The number of aromatic nitrogens is 3. The van der Waals surface area contributed by atoms with Crippen LogP contribution in [0.4, 0.5) is 0 Å². The van der Waals surface area contributed by atoms with E-state index in [9.17, 15) is 4.79 Å². The van der Waals surface area contributed by atoms with Gasteiger partial charge in [0.05, 0.1) is 22.8 Å². The van der Waals surface area contributed by atoms with Crippen molar-refractivity contribution in [3.05, 3.63) is 35.4 Å². The molecule has 1 fully saturated rings. The minimum Gasteiger partial charge on any atom is -0.466 e. The number of piperidine rings is 1. The Morgan fingerprint density at radius 1 is 1.24 bits per heavy atom. The molecule has 0 radical (unpaired) electrons. The topological polar surface area (TPSA) is 76.2 Å². The highest BCUT2D eigenvalue weighted by Crippen LogP contribution is 2.31. The van der Waals surface area contributed by atoms with Gasteiger partial charge >= 0.3 is 0 Å². The summed E-state index contributed by atoms with van der Waals surface area (Å²) in [4.78, 5) is 20.3. The van der Waals surface area contributed by atoms with Gasteiger partial charge in [0.15, 0.2) is 5.65 Å². The molecule has 0 spiro atoms. The van der Waals surface area contributed by atoms with E-state index in [1.54, 1.807) is 6.20 Å². The van der Waals surface area contributed by atoms with Crippen molar-refractivity contribution in [3.63, 3.8) is 0 Å². The van der Waals surface area contributed by atoms with Gasteiger partial charge in [0, 0.05) is 30.7 Å². The van der Waals surface area contributed by atoms with E-state index < -0.39 is 0 Å². The van der Waals surface area contributed by atoms with Gasteiger partial charge in [-0.05, 0) is 59.7 Å². The molecule has 0 atom stereocenters. The third kappa shape index (κ3) is 3.55. The molecule has 7 heteroatoms. The van der Waals surface area contributed by atoms with Crippen molar-refractivity contribution in [3.8, 4) is 11.3 Å². The first kappa shape index (κ1) is 19.6. The number of hydrogen-bond acceptors (Lipinski definition) is 5. The first-order chi connectivity index (χ1) is 13.9. The monoisotopic (exact) mass is 395 g/mol. The van der Waals surface area contributed by atoms with Gasteiger partial charge in [-0.15, -0.1) is 0 Å². The molecule has 4 heterocycles. The molecular formula is C22H29N5O2. The average Bonchev–Trinajstić information content (AvgIpc) is 3.29. The highest BCUT2D eigenvalue weighted by Gasteiger charge is 2.26. The molecule has 0 aliphatic carbocycles. The van der Waals surface area contributed by atoms with E-state index in [1.165, 1.54) is 0 Å². The molecular weight excluding hydrogens is 366 g/mol. The molecule has 29 heavy (non-hydrogen) atoms. The van der Waals surface area contributed by atoms with Crippen molar-refractivity contribution >= 4 is 16.9 Å². The van der Waals surface area contributed by atoms with Crippen LogP contribution in [0.3, 0.4) is 0 Å². The standard InChI is InChI=1S/C22H29N5O2/c1-13(2)27-21-19(12-24-27)18(22(28)26-8-6-16(23-5)7-9-26)11-20(25-21)17-10-14(3)29-15(17)4/h10-13,16,23H,6-9H2,1-5H3. The zero-order chi connectivity index (χ0) is 20.7. The van der Waals surface area contributed by atoms with Crippen molar-refractivity contribution in [1.82, 2.24) is 25.0 Å². The SMILES string of the molecule is CNC1CCN(C(=O)c2cc(-c3cc(C)oc3C)nc3c2cnn3C(C)C)CC1. The lowest BCUT2D eigenvalue weighted by Crippen LogP contribution is -2.44. The number of amides is 1. The molecule has 0 aromatic carbocycles. The summed E-state index contributed by atoms with van der Waals surface area (Å²) < 4.78 is 7.60. The summed E-state index contributed by atoms with van der Waals surface area (Å²) in [6, 6.07) is 4.51. The normalized spacial score (nSPS) is 15.6. The summed E-state index contributed by atoms with van der Waals surface area (Å²) in [7, 11) is 1.98. The summed E-state index contributed by atoms with van der Waals surface area (Å²) in [5.74, 6) is 1.69. The van der Waals surface area contributed by atoms with Crippen molar-refractivity contribution in [1.29, 1.82) is 0 Å². The molecule has 1 aliphatic rings. The van der Waals surface area contributed by atoms with E-state index >= 15 is 0 Å². The summed E-state index contributed by atoms with van der Waals surface area (Å²) in [6.07, 6.45) is 3.70. The summed E-state index contributed by atoms with van der Waals surface area (Å²) in [6.45, 7) is 9.50. The van der Waals surface area contributed by atoms with Crippen molar-refractivity contribution in [2.75, 3.05) is 20.1 Å². The van der Waals surface area contributed by atoms with E-state index in [4.69, 9.17) is 9.40 Å². The van der Waals surface area contributed by atoms with Crippen LogP contribution < -0.4 is 5.32 Å². The molecule has 4 rings (SSSR count). The van der Waals surface area contributed by atoms with Crippen LogP contribution in [0.25, 0.3) is 22.3 Å². The molecule has 0 unspecified atom stereocenters. The van der Waals surface area contributed by atoms with Crippen LogP contribution in [0, 0.1) is 13.8 Å². The highest BCUT2D eigenvalue weighted by molar-refractivity contribution is 6.06. The lowest BCUT2D eigenvalue weighted by Gasteiger charge is -2.32. The minimum absolute atomic E-state index is 0.0504. The van der Waals surface area contributed by atoms with Crippen molar-refractivity contribution in [2.24, 2.45) is 0 Å². The van der Waals surface area contributed by atoms with Gasteiger partial charge in [-0.25, -0.2) is 9.67 Å². The first-order valence-corrected chi connectivity index (χ1v) is 10.3. The number of pyridine rings is 1. The molecule has 3 aromatic heterocycles. The number of carbonyl (C=O) groups is 1. The van der Waals surface area contributed by atoms with Gasteiger partial charge in [-0.1, -0.05) is 0 Å². The number of rotatable bonds is 4. The molecule has 1 saturated heterocycles. The van der Waals surface area contributed by atoms with Crippen LogP contribution in [0.1, 0.15) is 54.6 Å². The zero-order valence-electron chi connectivity index (χ0n) is 17.8. The number of nitrogens with one attached hydrogen (secondary N) is 1. The van der Waals surface area contributed by atoms with Crippen LogP contribution in [0.2, 0.25) is 0 Å². The van der Waals surface area contributed by atoms with Crippen LogP contribution in [-0.2, 0) is 0 Å². The first-order valence-electron chi connectivity index (χ1n) is 10.3. The Labute approximate surface area is 171 Å². The maximum atomic E-state index is 13.5. The van der Waals surface area contributed by atoms with Gasteiger partial charge in [-0.2, -0.15) is 5.10 Å². The number of nitrogens with zero attached hydrogens (tertiary/aromatic N) is 4. The Balaban J connectivity index is 1.82. The summed E-state index contributed by atoms with van der Waals surface area (Å²) in [5, 5.41) is 8.64. The van der Waals surface area contributed by atoms with Crippen LogP contribution in [0.5, 0.6) is 0 Å². The van der Waals surface area contributed by atoms with E-state index in [-0.39, 0.29) is 11.9 Å². The quantitative estimate of drug-likeness (QED) is 0.729. The fourth-order valence-electron chi connectivity index (χ4n) is 4.14. The Bertz CT molecular complexity index is 1040. The predicted molar refractivity (Wildman–Crippen MR) is 113 cm³/mol. The Hall–Kier alpha value is -2.67. The second kappa shape index (κ2) is 7.63. The van der Waals surface area contributed by atoms with Gasteiger partial charge in [0.1, 0.15) is 11.5 Å². The summed E-state index contributed by atoms with van der Waals surface area (Å²) in [5.41, 5.74) is 3.08. The maximum Gasteiger partial charge on any atom is 0.254 e. The van der Waals surface area contributed by atoms with Crippen molar-refractivity contribution < 1.29 is 9.21 Å². The second-order valence-electron chi connectivity index (χ2n) is 8.16. The van der Waals surface area contributed by atoms with E-state index in [1.807, 2.05) is 42.6 Å². The third-order valence-electron chi connectivity index (χ3n) is 5.79. The summed E-state index contributed by atoms with van der Waals surface area (Å²) >= 11 is 0. The van der Waals surface area contributed by atoms with Gasteiger partial charge in [0.2, 0.25) is 0 Å². The fraction of sp³-hybridized carbons (Fsp3) is 0.500. The molecule has 1 N–H and O–H groups in total. The van der Waals surface area contributed by atoms with Gasteiger partial charge in [-0.3, -0.25) is 4.79 Å². The predicted octanol–water partition coefficient (Wildman–Crippen LogP) is 3.71. The Morgan fingerprint density at radius 3 is 2.55 bits per heavy atom. The maximum absolute atomic E-state index is 13.5. The van der Waals surface area contributed by atoms with E-state index in [0.717, 1.165) is 59.7 Å². The van der Waals surface area contributed by atoms with Crippen molar-refractivity contribution in [2.45, 2.75) is 52.6 Å². The lowest BCUT2D eigenvalue weighted by molar-refractivity contribution is 0.0709. The molecule has 1 amide bonds. The molecule has 0 saturated carbocycles. The van der Waals surface area contributed by atoms with E-state index in [2.05, 4.69) is 24.3 Å². The number of aryl methyl sites for hydroxylation is 2. The van der Waals surface area contributed by atoms with E-state index in [0.29, 0.717) is 11.6 Å². The zero-order valence-corrected chi connectivity index (χ0v) is 17.8. The highest BCUT2D eigenvalue weighted by atomic mass is 16.3. The molecule has 1 aliphatic heterocycles. The van der Waals surface area contributed by atoms with Gasteiger partial charge in [0.25, 0.3) is 5.91 Å². The fourth-order valence-corrected chi connectivity index (χ4v) is 4.14. The molecule has 3 aromatic rings. The smallest absolute Gasteiger partial charge is 0.254 e. The van der Waals surface area contributed by atoms with Crippen LogP contribution in [0.15, 0.2) is 22.7 Å². The van der Waals surface area contributed by atoms with Gasteiger partial charge < -0.3 is 14.6 Å². The average molecular weight is 396 g/mol. The number of carbonyl (C=O) groups excluding carboxylic acids is 1. The lowest BCUT2D eigenvalue weighted by atomic mass is 10.0. The second-order valence-corrected chi connectivity index (χ2v) is 8.16. The number of likely N-dealkylation sites (tertiary alicyclic amines) is 1. The molecule has 7 nitrogen and oxygen atoms in total. The molecule has 154 valence electrons. The number of fused-ring (bicyclic) bond motifs is 1. The Morgan fingerprint density at radius 2 is 1.97 bits per heavy atom. The minimum atomic E-state index is 0.0504. The molecule has 0 bridgehead atoms. The Kier molecular flexibility index (Phi) is 5.17. The van der Waals surface area contributed by atoms with Crippen LogP contribution >= 0.6 is 0 Å².